The molecule has 1 atom stereocenters. The fourth-order valence-electron chi connectivity index (χ4n) is 1.93. The zero-order chi connectivity index (χ0) is 13.5. The maximum atomic E-state index is 12.6. The Bertz CT molecular complexity index is 462. The van der Waals surface area contributed by atoms with Gasteiger partial charge in [-0.25, -0.2) is 0 Å². The lowest BCUT2D eigenvalue weighted by atomic mass is 10.1. The number of hydrogen-bond acceptors (Lipinski definition) is 3. The van der Waals surface area contributed by atoms with E-state index in [9.17, 15) is 13.2 Å². The van der Waals surface area contributed by atoms with Crippen molar-refractivity contribution in [2.45, 2.75) is 38.4 Å². The summed E-state index contributed by atoms with van der Waals surface area (Å²) >= 11 is 1.57. The van der Waals surface area contributed by atoms with Crippen LogP contribution in [0.4, 0.5) is 13.2 Å². The molecule has 0 aromatic carbocycles. The Morgan fingerprint density at radius 3 is 2.50 bits per heavy atom. The second kappa shape index (κ2) is 4.57. The first-order valence-electron chi connectivity index (χ1n) is 5.76. The van der Waals surface area contributed by atoms with E-state index in [-0.39, 0.29) is 12.5 Å². The van der Waals surface area contributed by atoms with Gasteiger partial charge in [0.25, 0.3) is 0 Å². The lowest BCUT2D eigenvalue weighted by Crippen LogP contribution is -2.21. The molecule has 1 aromatic rings. The minimum atomic E-state index is -4.32. The summed E-state index contributed by atoms with van der Waals surface area (Å²) in [6.07, 6.45) is -4.38. The van der Waals surface area contributed by atoms with E-state index >= 15 is 0 Å². The van der Waals surface area contributed by atoms with E-state index in [1.54, 1.807) is 18.4 Å². The highest BCUT2D eigenvalue weighted by Gasteiger charge is 2.42. The number of hydrogen-bond donors (Lipinski definition) is 0. The SMILES string of the molecule is CC(C)c1ccc(C2CC(C(F)(F)F)=NN2C)s1. The third-order valence-electron chi connectivity index (χ3n) is 2.99. The Balaban J connectivity index is 2.17. The standard InChI is InChI=1S/C12H15F3N2S/c1-7(2)9-4-5-10(18-9)8-6-11(12(13,14)15)16-17(8)3/h4-5,7-8H,6H2,1-3H3. The first-order chi connectivity index (χ1) is 8.29. The Hall–Kier alpha value is -1.04. The molecule has 0 aliphatic carbocycles. The average Bonchev–Trinajstić information content (AvgIpc) is 2.81. The van der Waals surface area contributed by atoms with Crippen LogP contribution in [0.5, 0.6) is 0 Å². The normalized spacial score (nSPS) is 20.7. The quantitative estimate of drug-likeness (QED) is 0.791. The number of halogens is 3. The molecule has 0 spiro atoms. The third-order valence-corrected chi connectivity index (χ3v) is 4.48. The smallest absolute Gasteiger partial charge is 0.291 e. The van der Waals surface area contributed by atoms with Crippen LogP contribution in [0.1, 0.15) is 42.0 Å². The Morgan fingerprint density at radius 2 is 2.06 bits per heavy atom. The van der Waals surface area contributed by atoms with Crippen LogP contribution >= 0.6 is 11.3 Å². The van der Waals surface area contributed by atoms with Gasteiger partial charge in [0.2, 0.25) is 0 Å². The molecular weight excluding hydrogens is 261 g/mol. The van der Waals surface area contributed by atoms with Gasteiger partial charge in [-0.15, -0.1) is 11.3 Å². The van der Waals surface area contributed by atoms with Gasteiger partial charge in [0.1, 0.15) is 5.71 Å². The van der Waals surface area contributed by atoms with Gasteiger partial charge in [-0.3, -0.25) is 5.01 Å². The summed E-state index contributed by atoms with van der Waals surface area (Å²) in [5, 5.41) is 5.02. The Kier molecular flexibility index (Phi) is 3.40. The van der Waals surface area contributed by atoms with Crippen molar-refractivity contribution >= 4 is 17.0 Å². The topological polar surface area (TPSA) is 15.6 Å². The number of thiophene rings is 1. The van der Waals surface area contributed by atoms with Gasteiger partial charge in [-0.1, -0.05) is 13.8 Å². The zero-order valence-electron chi connectivity index (χ0n) is 10.5. The number of nitrogens with zero attached hydrogens (tertiary/aromatic N) is 2. The molecule has 0 fully saturated rings. The van der Waals surface area contributed by atoms with E-state index < -0.39 is 11.9 Å². The minimum Gasteiger partial charge on any atom is -0.291 e. The minimum absolute atomic E-state index is 0.0575. The highest BCUT2D eigenvalue weighted by atomic mass is 32.1. The van der Waals surface area contributed by atoms with E-state index in [4.69, 9.17) is 0 Å². The first kappa shape index (κ1) is 13.4. The molecule has 2 rings (SSSR count). The monoisotopic (exact) mass is 276 g/mol. The van der Waals surface area contributed by atoms with Crippen LogP contribution in [0.15, 0.2) is 17.2 Å². The number of hydrazone groups is 1. The van der Waals surface area contributed by atoms with Gasteiger partial charge in [-0.05, 0) is 18.1 Å². The van der Waals surface area contributed by atoms with Gasteiger partial charge in [0, 0.05) is 23.2 Å². The summed E-state index contributed by atoms with van der Waals surface area (Å²) in [7, 11) is 1.60. The first-order valence-corrected chi connectivity index (χ1v) is 6.58. The van der Waals surface area contributed by atoms with Crippen molar-refractivity contribution in [2.75, 3.05) is 7.05 Å². The van der Waals surface area contributed by atoms with E-state index in [1.807, 2.05) is 12.1 Å². The molecule has 18 heavy (non-hydrogen) atoms. The molecular formula is C12H15F3N2S. The number of alkyl halides is 3. The molecule has 0 bridgehead atoms. The summed E-state index contributed by atoms with van der Waals surface area (Å²) in [6.45, 7) is 4.15. The zero-order valence-corrected chi connectivity index (χ0v) is 11.3. The lowest BCUT2D eigenvalue weighted by Gasteiger charge is -2.16. The second-order valence-corrected chi connectivity index (χ2v) is 5.88. The van der Waals surface area contributed by atoms with Gasteiger partial charge in [-0.2, -0.15) is 18.3 Å². The molecule has 0 N–H and O–H groups in total. The molecule has 0 saturated heterocycles. The highest BCUT2D eigenvalue weighted by Crippen LogP contribution is 2.38. The summed E-state index contributed by atoms with van der Waals surface area (Å²) in [4.78, 5) is 2.14. The third kappa shape index (κ3) is 2.53. The van der Waals surface area contributed by atoms with Crippen molar-refractivity contribution in [3.8, 4) is 0 Å². The van der Waals surface area contributed by atoms with Crippen molar-refractivity contribution in [2.24, 2.45) is 5.10 Å². The van der Waals surface area contributed by atoms with Crippen LogP contribution < -0.4 is 0 Å². The molecule has 0 amide bonds. The van der Waals surface area contributed by atoms with E-state index in [0.717, 1.165) is 4.88 Å². The van der Waals surface area contributed by atoms with E-state index in [2.05, 4.69) is 18.9 Å². The van der Waals surface area contributed by atoms with Crippen LogP contribution in [0.2, 0.25) is 0 Å². The predicted octanol–water partition coefficient (Wildman–Crippen LogP) is 4.17. The van der Waals surface area contributed by atoms with Crippen LogP contribution in [0.25, 0.3) is 0 Å². The van der Waals surface area contributed by atoms with Crippen molar-refractivity contribution in [3.05, 3.63) is 21.9 Å². The van der Waals surface area contributed by atoms with Gasteiger partial charge in [0.15, 0.2) is 0 Å². The van der Waals surface area contributed by atoms with Crippen molar-refractivity contribution < 1.29 is 13.2 Å². The van der Waals surface area contributed by atoms with E-state index in [1.165, 1.54) is 9.89 Å². The number of rotatable bonds is 2. The Labute approximate surface area is 108 Å². The van der Waals surface area contributed by atoms with Gasteiger partial charge < -0.3 is 0 Å². The highest BCUT2D eigenvalue weighted by molar-refractivity contribution is 7.12. The van der Waals surface area contributed by atoms with E-state index in [0.29, 0.717) is 5.92 Å². The summed E-state index contributed by atoms with van der Waals surface area (Å²) in [6, 6.07) is 3.62. The maximum absolute atomic E-state index is 12.6. The van der Waals surface area contributed by atoms with Gasteiger partial charge >= 0.3 is 6.18 Å². The molecule has 1 aliphatic rings. The molecule has 6 heteroatoms. The second-order valence-electron chi connectivity index (χ2n) is 4.73. The fraction of sp³-hybridized carbons (Fsp3) is 0.583. The molecule has 1 aromatic heterocycles. The van der Waals surface area contributed by atoms with Crippen molar-refractivity contribution in [3.63, 3.8) is 0 Å². The van der Waals surface area contributed by atoms with Crippen LogP contribution in [-0.2, 0) is 0 Å². The molecule has 100 valence electrons. The van der Waals surface area contributed by atoms with Crippen LogP contribution in [0.3, 0.4) is 0 Å². The lowest BCUT2D eigenvalue weighted by molar-refractivity contribution is -0.0601. The maximum Gasteiger partial charge on any atom is 0.431 e. The molecule has 0 saturated carbocycles. The van der Waals surface area contributed by atoms with Gasteiger partial charge in [0.05, 0.1) is 6.04 Å². The predicted molar refractivity (Wildman–Crippen MR) is 67.0 cm³/mol. The fourth-order valence-corrected chi connectivity index (χ4v) is 3.08. The summed E-state index contributed by atoms with van der Waals surface area (Å²) in [5.74, 6) is 0.401. The largest absolute Gasteiger partial charge is 0.431 e. The Morgan fingerprint density at radius 1 is 1.39 bits per heavy atom. The summed E-state index contributed by atoms with van der Waals surface area (Å²) < 4.78 is 37.8. The molecule has 0 radical (unpaired) electrons. The van der Waals surface area contributed by atoms with Crippen LogP contribution in [0, 0.1) is 0 Å². The molecule has 1 aliphatic heterocycles. The summed E-state index contributed by atoms with van der Waals surface area (Å²) in [5.41, 5.74) is -0.686. The molecule has 2 heterocycles. The average molecular weight is 276 g/mol. The van der Waals surface area contributed by atoms with Crippen LogP contribution in [-0.4, -0.2) is 23.9 Å². The molecule has 2 nitrogen and oxygen atoms in total. The van der Waals surface area contributed by atoms with Crippen molar-refractivity contribution in [1.29, 1.82) is 0 Å². The molecule has 1 unspecified atom stereocenters. The van der Waals surface area contributed by atoms with Crippen molar-refractivity contribution in [1.82, 2.24) is 5.01 Å².